The lowest BCUT2D eigenvalue weighted by atomic mass is 9.85. The van der Waals surface area contributed by atoms with Crippen LogP contribution in [0.4, 0.5) is 0 Å². The average Bonchev–Trinajstić information content (AvgIpc) is 2.82. The monoisotopic (exact) mass is 242 g/mol. The fourth-order valence-corrected chi connectivity index (χ4v) is 2.46. The number of aliphatic hydroxyl groups excluding tert-OH is 1. The first-order chi connectivity index (χ1) is 8.84. The van der Waals surface area contributed by atoms with Crippen LogP contribution in [0.5, 0.6) is 0 Å². The molecule has 1 N–H and O–H groups in total. The summed E-state index contributed by atoms with van der Waals surface area (Å²) in [6, 6.07) is 9.71. The fraction of sp³-hybridized carbons (Fsp3) is 0.400. The highest BCUT2D eigenvalue weighted by Gasteiger charge is 2.21. The molecule has 0 aliphatic heterocycles. The van der Waals surface area contributed by atoms with E-state index in [1.165, 1.54) is 19.3 Å². The molecular weight excluding hydrogens is 224 g/mol. The van der Waals surface area contributed by atoms with Gasteiger partial charge in [0.05, 0.1) is 0 Å². The van der Waals surface area contributed by atoms with Crippen molar-refractivity contribution >= 4 is 0 Å². The molecule has 1 unspecified atom stereocenters. The minimum Gasteiger partial charge on any atom is -0.380 e. The standard InChI is InChI=1S/C15H18N2O/c18-14(13-7-2-1-3-8-13)15-16-9-10-17(15)11-12-5-4-6-12/h1-3,7-10,12,14,18H,4-6,11H2. The van der Waals surface area contributed by atoms with Crippen LogP contribution < -0.4 is 0 Å². The molecular formula is C15H18N2O. The van der Waals surface area contributed by atoms with Gasteiger partial charge in [0.1, 0.15) is 11.9 Å². The molecule has 1 aliphatic rings. The molecule has 1 saturated carbocycles. The van der Waals surface area contributed by atoms with E-state index in [2.05, 4.69) is 9.55 Å². The SMILES string of the molecule is OC(c1ccccc1)c1nccn1CC1CCC1. The van der Waals surface area contributed by atoms with Crippen molar-refractivity contribution in [3.8, 4) is 0 Å². The van der Waals surface area contributed by atoms with Crippen LogP contribution >= 0.6 is 0 Å². The third-order valence-electron chi connectivity index (χ3n) is 3.79. The largest absolute Gasteiger partial charge is 0.380 e. The van der Waals surface area contributed by atoms with Gasteiger partial charge in [0, 0.05) is 18.9 Å². The van der Waals surface area contributed by atoms with Crippen LogP contribution in [0.1, 0.15) is 36.8 Å². The van der Waals surface area contributed by atoms with Gasteiger partial charge < -0.3 is 9.67 Å². The molecule has 94 valence electrons. The molecule has 3 rings (SSSR count). The van der Waals surface area contributed by atoms with Gasteiger partial charge in [-0.2, -0.15) is 0 Å². The molecule has 0 amide bonds. The zero-order valence-corrected chi connectivity index (χ0v) is 10.4. The van der Waals surface area contributed by atoms with Gasteiger partial charge in [-0.25, -0.2) is 4.98 Å². The third kappa shape index (κ3) is 2.18. The Morgan fingerprint density at radius 2 is 2.06 bits per heavy atom. The summed E-state index contributed by atoms with van der Waals surface area (Å²) in [4.78, 5) is 4.32. The Hall–Kier alpha value is -1.61. The lowest BCUT2D eigenvalue weighted by Crippen LogP contribution is -2.20. The summed E-state index contributed by atoms with van der Waals surface area (Å²) in [5.41, 5.74) is 0.901. The van der Waals surface area contributed by atoms with Crippen LogP contribution in [0.15, 0.2) is 42.7 Å². The Morgan fingerprint density at radius 3 is 2.72 bits per heavy atom. The van der Waals surface area contributed by atoms with E-state index in [4.69, 9.17) is 0 Å². The zero-order valence-electron chi connectivity index (χ0n) is 10.4. The van der Waals surface area contributed by atoms with Crippen molar-refractivity contribution in [1.29, 1.82) is 0 Å². The second-order valence-corrected chi connectivity index (χ2v) is 5.05. The molecule has 0 bridgehead atoms. The second-order valence-electron chi connectivity index (χ2n) is 5.05. The molecule has 0 saturated heterocycles. The number of imidazole rings is 1. The Kier molecular flexibility index (Phi) is 3.15. The van der Waals surface area contributed by atoms with Crippen molar-refractivity contribution in [2.75, 3.05) is 0 Å². The van der Waals surface area contributed by atoms with Crippen LogP contribution in [0, 0.1) is 5.92 Å². The number of aromatic nitrogens is 2. The van der Waals surface area contributed by atoms with Gasteiger partial charge in [-0.15, -0.1) is 0 Å². The van der Waals surface area contributed by atoms with Gasteiger partial charge in [0.25, 0.3) is 0 Å². The van der Waals surface area contributed by atoms with Gasteiger partial charge in [-0.05, 0) is 24.3 Å². The van der Waals surface area contributed by atoms with Crippen LogP contribution in [0.3, 0.4) is 0 Å². The molecule has 3 heteroatoms. The summed E-state index contributed by atoms with van der Waals surface area (Å²) < 4.78 is 2.10. The van der Waals surface area contributed by atoms with Crippen LogP contribution in [0.2, 0.25) is 0 Å². The van der Waals surface area contributed by atoms with Crippen molar-refractivity contribution in [2.24, 2.45) is 5.92 Å². The van der Waals surface area contributed by atoms with Gasteiger partial charge >= 0.3 is 0 Å². The predicted octanol–water partition coefficient (Wildman–Crippen LogP) is 2.76. The van der Waals surface area contributed by atoms with Crippen LogP contribution in [-0.4, -0.2) is 14.7 Å². The minimum absolute atomic E-state index is 0.624. The first kappa shape index (κ1) is 11.5. The van der Waals surface area contributed by atoms with E-state index in [-0.39, 0.29) is 0 Å². The highest BCUT2D eigenvalue weighted by molar-refractivity contribution is 5.23. The molecule has 18 heavy (non-hydrogen) atoms. The summed E-state index contributed by atoms with van der Waals surface area (Å²) in [6.07, 6.45) is 7.08. The Bertz CT molecular complexity index is 502. The molecule has 2 aromatic rings. The molecule has 0 radical (unpaired) electrons. The quantitative estimate of drug-likeness (QED) is 0.895. The number of aliphatic hydroxyl groups is 1. The van der Waals surface area contributed by atoms with Gasteiger partial charge in [0.2, 0.25) is 0 Å². The van der Waals surface area contributed by atoms with Crippen molar-refractivity contribution in [3.63, 3.8) is 0 Å². The molecule has 1 atom stereocenters. The summed E-state index contributed by atoms with van der Waals surface area (Å²) in [6.45, 7) is 0.985. The van der Waals surface area contributed by atoms with Crippen molar-refractivity contribution in [1.82, 2.24) is 9.55 Å². The van der Waals surface area contributed by atoms with E-state index in [0.29, 0.717) is 0 Å². The van der Waals surface area contributed by atoms with Crippen molar-refractivity contribution in [2.45, 2.75) is 31.9 Å². The minimum atomic E-state index is -0.624. The smallest absolute Gasteiger partial charge is 0.142 e. The Labute approximate surface area is 107 Å². The zero-order chi connectivity index (χ0) is 12.4. The van der Waals surface area contributed by atoms with E-state index in [0.717, 1.165) is 23.9 Å². The Morgan fingerprint density at radius 1 is 1.28 bits per heavy atom. The summed E-state index contributed by atoms with van der Waals surface area (Å²) in [5.74, 6) is 1.52. The average molecular weight is 242 g/mol. The number of hydrogen-bond donors (Lipinski definition) is 1. The van der Waals surface area contributed by atoms with Gasteiger partial charge in [0.15, 0.2) is 0 Å². The Balaban J connectivity index is 1.81. The lowest BCUT2D eigenvalue weighted by Gasteiger charge is -2.26. The first-order valence-electron chi connectivity index (χ1n) is 6.58. The summed E-state index contributed by atoms with van der Waals surface area (Å²) >= 11 is 0. The third-order valence-corrected chi connectivity index (χ3v) is 3.79. The highest BCUT2D eigenvalue weighted by Crippen LogP contribution is 2.29. The molecule has 3 nitrogen and oxygen atoms in total. The maximum absolute atomic E-state index is 10.4. The van der Waals surface area contributed by atoms with Gasteiger partial charge in [-0.3, -0.25) is 0 Å². The van der Waals surface area contributed by atoms with Crippen LogP contribution in [-0.2, 0) is 6.54 Å². The maximum atomic E-state index is 10.4. The van der Waals surface area contributed by atoms with E-state index in [1.54, 1.807) is 6.20 Å². The number of hydrogen-bond acceptors (Lipinski definition) is 2. The van der Waals surface area contributed by atoms with Crippen LogP contribution in [0.25, 0.3) is 0 Å². The molecule has 1 fully saturated rings. The first-order valence-corrected chi connectivity index (χ1v) is 6.58. The number of rotatable bonds is 4. The lowest BCUT2D eigenvalue weighted by molar-refractivity contribution is 0.195. The van der Waals surface area contributed by atoms with Crippen molar-refractivity contribution in [3.05, 3.63) is 54.1 Å². The summed E-state index contributed by atoms with van der Waals surface area (Å²) in [5, 5.41) is 10.4. The maximum Gasteiger partial charge on any atom is 0.142 e. The van der Waals surface area contributed by atoms with Gasteiger partial charge in [-0.1, -0.05) is 36.8 Å². The fourth-order valence-electron chi connectivity index (χ4n) is 2.46. The topological polar surface area (TPSA) is 38.1 Å². The molecule has 1 aliphatic carbocycles. The van der Waals surface area contributed by atoms with E-state index in [1.807, 2.05) is 36.5 Å². The molecule has 1 heterocycles. The molecule has 1 aromatic heterocycles. The number of nitrogens with zero attached hydrogens (tertiary/aromatic N) is 2. The van der Waals surface area contributed by atoms with Crippen molar-refractivity contribution < 1.29 is 5.11 Å². The molecule has 1 aromatic carbocycles. The second kappa shape index (κ2) is 4.94. The predicted molar refractivity (Wildman–Crippen MR) is 70.1 cm³/mol. The normalized spacial score (nSPS) is 17.4. The van der Waals surface area contributed by atoms with E-state index in [9.17, 15) is 5.11 Å². The summed E-state index contributed by atoms with van der Waals surface area (Å²) in [7, 11) is 0. The highest BCUT2D eigenvalue weighted by atomic mass is 16.3. The van der Waals surface area contributed by atoms with E-state index >= 15 is 0 Å². The van der Waals surface area contributed by atoms with E-state index < -0.39 is 6.10 Å². The molecule has 0 spiro atoms. The number of benzene rings is 1.